The molecule has 0 heterocycles. The van der Waals surface area contributed by atoms with Gasteiger partial charge in [-0.15, -0.1) is 0 Å². The second-order valence-corrected chi connectivity index (χ2v) is 3.61. The van der Waals surface area contributed by atoms with Gasteiger partial charge in [-0.25, -0.2) is 0 Å². The Hall–Kier alpha value is -1.96. The van der Waals surface area contributed by atoms with E-state index in [2.05, 4.69) is 6.58 Å². The van der Waals surface area contributed by atoms with Gasteiger partial charge in [-0.05, 0) is 24.6 Å². The highest BCUT2D eigenvalue weighted by atomic mass is 16.3. The number of phenols is 2. The molecule has 0 atom stereocenters. The fourth-order valence-electron chi connectivity index (χ4n) is 1.73. The van der Waals surface area contributed by atoms with Crippen molar-refractivity contribution >= 4 is 16.3 Å². The van der Waals surface area contributed by atoms with Crippen molar-refractivity contribution in [2.24, 2.45) is 0 Å². The molecule has 76 valence electrons. The highest BCUT2D eigenvalue weighted by Crippen LogP contribution is 2.36. The summed E-state index contributed by atoms with van der Waals surface area (Å²) in [5.41, 5.74) is 1.72. The number of benzene rings is 2. The van der Waals surface area contributed by atoms with Crippen molar-refractivity contribution in [3.8, 4) is 11.5 Å². The maximum atomic E-state index is 9.77. The molecule has 0 saturated carbocycles. The molecule has 2 heteroatoms. The lowest BCUT2D eigenvalue weighted by molar-refractivity contribution is 0.469. The molecular weight excluding hydrogens is 188 g/mol. The van der Waals surface area contributed by atoms with Crippen LogP contribution in [0.2, 0.25) is 0 Å². The van der Waals surface area contributed by atoms with Gasteiger partial charge in [-0.3, -0.25) is 0 Å². The van der Waals surface area contributed by atoms with Gasteiger partial charge in [0, 0.05) is 10.8 Å². The molecule has 0 aliphatic rings. The molecule has 2 aromatic rings. The third kappa shape index (κ3) is 1.44. The molecule has 2 aromatic carbocycles. The Morgan fingerprint density at radius 3 is 2.40 bits per heavy atom. The quantitative estimate of drug-likeness (QED) is 0.693. The number of phenolic OH excluding ortho intramolecular Hbond substituents is 2. The van der Waals surface area contributed by atoms with E-state index < -0.39 is 0 Å². The van der Waals surface area contributed by atoms with Gasteiger partial charge in [0.15, 0.2) is 0 Å². The molecule has 2 rings (SSSR count). The predicted molar refractivity (Wildman–Crippen MR) is 62.0 cm³/mol. The molecule has 0 aromatic heterocycles. The lowest BCUT2D eigenvalue weighted by Crippen LogP contribution is -1.83. The molecule has 0 spiro atoms. The van der Waals surface area contributed by atoms with Gasteiger partial charge in [-0.1, -0.05) is 30.4 Å². The van der Waals surface area contributed by atoms with Crippen LogP contribution >= 0.6 is 0 Å². The van der Waals surface area contributed by atoms with Crippen LogP contribution < -0.4 is 0 Å². The fraction of sp³-hybridized carbons (Fsp3) is 0.0769. The fourth-order valence-corrected chi connectivity index (χ4v) is 1.73. The van der Waals surface area contributed by atoms with Crippen LogP contribution in [-0.4, -0.2) is 10.2 Å². The zero-order chi connectivity index (χ0) is 11.0. The maximum Gasteiger partial charge on any atom is 0.124 e. The number of aromatic hydroxyl groups is 2. The Bertz CT molecular complexity index is 541. The van der Waals surface area contributed by atoms with E-state index in [-0.39, 0.29) is 11.5 Å². The summed E-state index contributed by atoms with van der Waals surface area (Å²) in [6.45, 7) is 5.73. The van der Waals surface area contributed by atoms with Crippen LogP contribution in [-0.2, 0) is 0 Å². The van der Waals surface area contributed by atoms with Crippen molar-refractivity contribution in [2.45, 2.75) is 6.92 Å². The van der Waals surface area contributed by atoms with Gasteiger partial charge in [0.2, 0.25) is 0 Å². The molecule has 0 radical (unpaired) electrons. The average molecular weight is 200 g/mol. The molecule has 0 amide bonds. The van der Waals surface area contributed by atoms with Crippen molar-refractivity contribution < 1.29 is 10.2 Å². The number of hydrogen-bond acceptors (Lipinski definition) is 2. The Morgan fingerprint density at radius 1 is 1.07 bits per heavy atom. The van der Waals surface area contributed by atoms with E-state index in [9.17, 15) is 10.2 Å². The molecule has 0 aliphatic carbocycles. The molecular formula is C13H12O2. The number of allylic oxidation sites excluding steroid dienone is 1. The van der Waals surface area contributed by atoms with E-state index in [0.717, 1.165) is 11.1 Å². The summed E-state index contributed by atoms with van der Waals surface area (Å²) in [4.78, 5) is 0. The van der Waals surface area contributed by atoms with Gasteiger partial charge in [0.05, 0.1) is 0 Å². The zero-order valence-electron chi connectivity index (χ0n) is 8.49. The van der Waals surface area contributed by atoms with Gasteiger partial charge < -0.3 is 10.2 Å². The van der Waals surface area contributed by atoms with Crippen molar-refractivity contribution in [1.82, 2.24) is 0 Å². The van der Waals surface area contributed by atoms with Crippen LogP contribution in [0.1, 0.15) is 12.5 Å². The van der Waals surface area contributed by atoms with Crippen LogP contribution in [0.4, 0.5) is 0 Å². The van der Waals surface area contributed by atoms with E-state index in [1.54, 1.807) is 6.07 Å². The summed E-state index contributed by atoms with van der Waals surface area (Å²) < 4.78 is 0. The Balaban J connectivity index is 2.96. The molecule has 0 aliphatic heterocycles. The molecule has 0 unspecified atom stereocenters. The minimum Gasteiger partial charge on any atom is -0.507 e. The SMILES string of the molecule is C=C(C)c1cccc2c(O)ccc(O)c12. The van der Waals surface area contributed by atoms with E-state index in [0.29, 0.717) is 10.8 Å². The lowest BCUT2D eigenvalue weighted by Gasteiger charge is -2.08. The number of fused-ring (bicyclic) bond motifs is 1. The summed E-state index contributed by atoms with van der Waals surface area (Å²) in [6.07, 6.45) is 0. The van der Waals surface area contributed by atoms with Crippen LogP contribution in [0.15, 0.2) is 36.9 Å². The second-order valence-electron chi connectivity index (χ2n) is 3.61. The molecule has 2 nitrogen and oxygen atoms in total. The minimum absolute atomic E-state index is 0.168. The standard InChI is InChI=1S/C13H12O2/c1-8(2)9-4-3-5-10-11(14)6-7-12(15)13(9)10/h3-7,14-15H,1H2,2H3. The van der Waals surface area contributed by atoms with E-state index in [4.69, 9.17) is 0 Å². The first kappa shape index (κ1) is 9.59. The van der Waals surface area contributed by atoms with E-state index in [1.807, 2.05) is 19.1 Å². The number of hydrogen-bond donors (Lipinski definition) is 2. The van der Waals surface area contributed by atoms with Gasteiger partial charge >= 0.3 is 0 Å². The van der Waals surface area contributed by atoms with Crippen molar-refractivity contribution in [2.75, 3.05) is 0 Å². The summed E-state index contributed by atoms with van der Waals surface area (Å²) in [5, 5.41) is 20.7. The molecule has 2 N–H and O–H groups in total. The van der Waals surface area contributed by atoms with Crippen LogP contribution in [0.3, 0.4) is 0 Å². The molecule has 15 heavy (non-hydrogen) atoms. The third-order valence-electron chi connectivity index (χ3n) is 2.46. The topological polar surface area (TPSA) is 40.5 Å². The van der Waals surface area contributed by atoms with Gasteiger partial charge in [0.1, 0.15) is 11.5 Å². The highest BCUT2D eigenvalue weighted by Gasteiger charge is 2.08. The van der Waals surface area contributed by atoms with Gasteiger partial charge in [-0.2, -0.15) is 0 Å². The highest BCUT2D eigenvalue weighted by molar-refractivity contribution is 6.00. The Labute approximate surface area is 88.1 Å². The first-order valence-electron chi connectivity index (χ1n) is 4.71. The Kier molecular flexibility index (Phi) is 2.12. The normalized spacial score (nSPS) is 10.5. The summed E-state index contributed by atoms with van der Waals surface area (Å²) in [5.74, 6) is 0.340. The maximum absolute atomic E-state index is 9.77. The lowest BCUT2D eigenvalue weighted by atomic mass is 9.99. The molecule has 0 fully saturated rings. The van der Waals surface area contributed by atoms with Crippen LogP contribution in [0.25, 0.3) is 16.3 Å². The summed E-state index contributed by atoms with van der Waals surface area (Å²) in [7, 11) is 0. The van der Waals surface area contributed by atoms with Crippen LogP contribution in [0, 0.1) is 0 Å². The van der Waals surface area contributed by atoms with E-state index in [1.165, 1.54) is 12.1 Å². The second kappa shape index (κ2) is 3.31. The van der Waals surface area contributed by atoms with Crippen molar-refractivity contribution in [3.05, 3.63) is 42.5 Å². The largest absolute Gasteiger partial charge is 0.507 e. The Morgan fingerprint density at radius 2 is 1.73 bits per heavy atom. The van der Waals surface area contributed by atoms with E-state index >= 15 is 0 Å². The predicted octanol–water partition coefficient (Wildman–Crippen LogP) is 3.28. The summed E-state index contributed by atoms with van der Waals surface area (Å²) in [6, 6.07) is 8.47. The van der Waals surface area contributed by atoms with Crippen LogP contribution in [0.5, 0.6) is 11.5 Å². The first-order chi connectivity index (χ1) is 7.11. The molecule has 0 bridgehead atoms. The smallest absolute Gasteiger partial charge is 0.124 e. The third-order valence-corrected chi connectivity index (χ3v) is 2.46. The van der Waals surface area contributed by atoms with Gasteiger partial charge in [0.25, 0.3) is 0 Å². The summed E-state index contributed by atoms with van der Waals surface area (Å²) >= 11 is 0. The zero-order valence-corrected chi connectivity index (χ0v) is 8.49. The first-order valence-corrected chi connectivity index (χ1v) is 4.71. The monoisotopic (exact) mass is 200 g/mol. The average Bonchev–Trinajstić information content (AvgIpc) is 2.23. The van der Waals surface area contributed by atoms with Crippen molar-refractivity contribution in [1.29, 1.82) is 0 Å². The minimum atomic E-state index is 0.168. The molecule has 0 saturated heterocycles. The number of rotatable bonds is 1. The van der Waals surface area contributed by atoms with Crippen molar-refractivity contribution in [3.63, 3.8) is 0 Å².